The van der Waals surface area contributed by atoms with Crippen LogP contribution >= 0.6 is 0 Å². The van der Waals surface area contributed by atoms with Crippen molar-refractivity contribution in [2.75, 3.05) is 5.32 Å². The zero-order valence-electron chi connectivity index (χ0n) is 11.6. The molecule has 0 radical (unpaired) electrons. The van der Waals surface area contributed by atoms with Gasteiger partial charge >= 0.3 is 0 Å². The molecule has 0 saturated carbocycles. The van der Waals surface area contributed by atoms with Gasteiger partial charge in [-0.05, 0) is 26.0 Å². The highest BCUT2D eigenvalue weighted by atomic mass is 16.5. The Morgan fingerprint density at radius 2 is 2.19 bits per heavy atom. The summed E-state index contributed by atoms with van der Waals surface area (Å²) in [6, 6.07) is 3.57. The van der Waals surface area contributed by atoms with Crippen LogP contribution in [0.15, 0.2) is 41.6 Å². The lowest BCUT2D eigenvalue weighted by Crippen LogP contribution is -2.13. The summed E-state index contributed by atoms with van der Waals surface area (Å²) in [7, 11) is 0. The molecule has 0 saturated heterocycles. The first kappa shape index (κ1) is 13.0. The van der Waals surface area contributed by atoms with Crippen molar-refractivity contribution in [2.45, 2.75) is 13.8 Å². The monoisotopic (exact) mass is 283 g/mol. The SMILES string of the molecule is Cc1noc(C)c1C(=O)Nc1ccc(-n2ccnc2)nc1. The Bertz CT molecular complexity index is 740. The fraction of sp³-hybridized carbons (Fsp3) is 0.143. The van der Waals surface area contributed by atoms with Gasteiger partial charge in [0.15, 0.2) is 0 Å². The van der Waals surface area contributed by atoms with Crippen molar-refractivity contribution >= 4 is 11.6 Å². The molecular weight excluding hydrogens is 270 g/mol. The van der Waals surface area contributed by atoms with Crippen LogP contribution in [0.5, 0.6) is 0 Å². The van der Waals surface area contributed by atoms with Crippen LogP contribution in [0, 0.1) is 13.8 Å². The number of carbonyl (C=O) groups is 1. The molecule has 0 spiro atoms. The number of hydrogen-bond acceptors (Lipinski definition) is 5. The summed E-state index contributed by atoms with van der Waals surface area (Å²) >= 11 is 0. The number of rotatable bonds is 3. The molecule has 0 unspecified atom stereocenters. The molecule has 0 aliphatic rings. The van der Waals surface area contributed by atoms with Gasteiger partial charge in [-0.25, -0.2) is 9.97 Å². The van der Waals surface area contributed by atoms with Gasteiger partial charge < -0.3 is 9.84 Å². The fourth-order valence-electron chi connectivity index (χ4n) is 2.01. The number of aromatic nitrogens is 4. The van der Waals surface area contributed by atoms with Crippen LogP contribution in [-0.2, 0) is 0 Å². The first-order chi connectivity index (χ1) is 10.1. The maximum atomic E-state index is 12.2. The van der Waals surface area contributed by atoms with E-state index in [-0.39, 0.29) is 5.91 Å². The molecule has 0 aliphatic carbocycles. The third kappa shape index (κ3) is 2.53. The fourth-order valence-corrected chi connectivity index (χ4v) is 2.01. The van der Waals surface area contributed by atoms with Crippen molar-refractivity contribution < 1.29 is 9.32 Å². The van der Waals surface area contributed by atoms with Crippen molar-refractivity contribution in [2.24, 2.45) is 0 Å². The van der Waals surface area contributed by atoms with E-state index in [2.05, 4.69) is 20.4 Å². The van der Waals surface area contributed by atoms with Crippen LogP contribution in [0.3, 0.4) is 0 Å². The second kappa shape index (κ2) is 5.20. The number of amides is 1. The molecule has 0 aromatic carbocycles. The standard InChI is InChI=1S/C14H13N5O2/c1-9-13(10(2)21-18-9)14(20)17-11-3-4-12(16-7-11)19-6-5-15-8-19/h3-8H,1-2H3,(H,17,20). The van der Waals surface area contributed by atoms with Crippen LogP contribution in [-0.4, -0.2) is 25.6 Å². The minimum absolute atomic E-state index is 0.261. The first-order valence-corrected chi connectivity index (χ1v) is 6.34. The lowest BCUT2D eigenvalue weighted by Gasteiger charge is -2.06. The number of carbonyl (C=O) groups excluding carboxylic acids is 1. The van der Waals surface area contributed by atoms with E-state index in [1.807, 2.05) is 0 Å². The zero-order chi connectivity index (χ0) is 14.8. The molecule has 7 nitrogen and oxygen atoms in total. The number of pyridine rings is 1. The van der Waals surface area contributed by atoms with E-state index in [9.17, 15) is 4.79 Å². The van der Waals surface area contributed by atoms with Gasteiger partial charge in [-0.15, -0.1) is 0 Å². The van der Waals surface area contributed by atoms with Crippen LogP contribution in [0.25, 0.3) is 5.82 Å². The summed E-state index contributed by atoms with van der Waals surface area (Å²) in [5.74, 6) is 0.958. The Kier molecular flexibility index (Phi) is 3.23. The Labute approximate surface area is 120 Å². The molecule has 7 heteroatoms. The molecule has 106 valence electrons. The summed E-state index contributed by atoms with van der Waals surface area (Å²) in [4.78, 5) is 20.4. The van der Waals surface area contributed by atoms with Crippen LogP contribution in [0.4, 0.5) is 5.69 Å². The van der Waals surface area contributed by atoms with E-state index < -0.39 is 0 Å². The number of nitrogens with one attached hydrogen (secondary N) is 1. The predicted molar refractivity (Wildman–Crippen MR) is 75.3 cm³/mol. The lowest BCUT2D eigenvalue weighted by molar-refractivity contribution is 0.102. The molecule has 3 heterocycles. The number of hydrogen-bond donors (Lipinski definition) is 1. The predicted octanol–water partition coefficient (Wildman–Crippen LogP) is 2.12. The van der Waals surface area contributed by atoms with Crippen molar-refractivity contribution in [1.82, 2.24) is 19.7 Å². The van der Waals surface area contributed by atoms with E-state index in [1.165, 1.54) is 0 Å². The average molecular weight is 283 g/mol. The van der Waals surface area contributed by atoms with Crippen LogP contribution in [0.1, 0.15) is 21.8 Å². The van der Waals surface area contributed by atoms with Gasteiger partial charge in [-0.3, -0.25) is 9.36 Å². The number of nitrogens with zero attached hydrogens (tertiary/aromatic N) is 4. The highest BCUT2D eigenvalue weighted by Gasteiger charge is 2.17. The van der Waals surface area contributed by atoms with E-state index in [0.717, 1.165) is 5.82 Å². The Morgan fingerprint density at radius 3 is 2.76 bits per heavy atom. The van der Waals surface area contributed by atoms with E-state index in [4.69, 9.17) is 4.52 Å². The maximum Gasteiger partial charge on any atom is 0.261 e. The molecule has 0 aliphatic heterocycles. The van der Waals surface area contributed by atoms with Crippen molar-refractivity contribution in [3.8, 4) is 5.82 Å². The summed E-state index contributed by atoms with van der Waals surface area (Å²) < 4.78 is 6.76. The molecule has 0 bridgehead atoms. The Balaban J connectivity index is 1.78. The molecule has 1 N–H and O–H groups in total. The summed E-state index contributed by atoms with van der Waals surface area (Å²) in [5.41, 5.74) is 1.62. The second-order valence-electron chi connectivity index (χ2n) is 4.53. The smallest absolute Gasteiger partial charge is 0.261 e. The number of aryl methyl sites for hydroxylation is 2. The zero-order valence-corrected chi connectivity index (χ0v) is 11.6. The lowest BCUT2D eigenvalue weighted by atomic mass is 10.2. The molecule has 1 amide bonds. The third-order valence-electron chi connectivity index (χ3n) is 3.04. The van der Waals surface area contributed by atoms with Crippen molar-refractivity contribution in [1.29, 1.82) is 0 Å². The van der Waals surface area contributed by atoms with E-state index in [1.54, 1.807) is 55.5 Å². The Morgan fingerprint density at radius 1 is 1.33 bits per heavy atom. The topological polar surface area (TPSA) is 85.8 Å². The quantitative estimate of drug-likeness (QED) is 0.795. The highest BCUT2D eigenvalue weighted by Crippen LogP contribution is 2.15. The van der Waals surface area contributed by atoms with Gasteiger partial charge in [-0.2, -0.15) is 0 Å². The molecular formula is C14H13N5O2. The second-order valence-corrected chi connectivity index (χ2v) is 4.53. The molecule has 21 heavy (non-hydrogen) atoms. The maximum absolute atomic E-state index is 12.2. The van der Waals surface area contributed by atoms with Gasteiger partial charge in [0.05, 0.1) is 17.6 Å². The van der Waals surface area contributed by atoms with Crippen molar-refractivity contribution in [3.63, 3.8) is 0 Å². The van der Waals surface area contributed by atoms with E-state index >= 15 is 0 Å². The minimum Gasteiger partial charge on any atom is -0.361 e. The van der Waals surface area contributed by atoms with Gasteiger partial charge in [0.25, 0.3) is 5.91 Å². The van der Waals surface area contributed by atoms with Gasteiger partial charge in [-0.1, -0.05) is 5.16 Å². The summed E-state index contributed by atoms with van der Waals surface area (Å²) in [6.45, 7) is 3.43. The van der Waals surface area contributed by atoms with E-state index in [0.29, 0.717) is 22.7 Å². The molecule has 0 atom stereocenters. The average Bonchev–Trinajstić information content (AvgIpc) is 3.10. The van der Waals surface area contributed by atoms with Crippen LogP contribution in [0.2, 0.25) is 0 Å². The molecule has 3 aromatic rings. The number of anilines is 1. The van der Waals surface area contributed by atoms with Gasteiger partial charge in [0.2, 0.25) is 0 Å². The third-order valence-corrected chi connectivity index (χ3v) is 3.04. The Hall–Kier alpha value is -2.96. The molecule has 0 fully saturated rings. The summed E-state index contributed by atoms with van der Waals surface area (Å²) in [6.07, 6.45) is 6.72. The number of imidazole rings is 1. The molecule has 3 aromatic heterocycles. The normalized spacial score (nSPS) is 10.6. The van der Waals surface area contributed by atoms with Gasteiger partial charge in [0, 0.05) is 12.4 Å². The minimum atomic E-state index is -0.261. The largest absolute Gasteiger partial charge is 0.361 e. The van der Waals surface area contributed by atoms with Gasteiger partial charge in [0.1, 0.15) is 23.5 Å². The summed E-state index contributed by atoms with van der Waals surface area (Å²) in [5, 5.41) is 6.54. The molecule has 3 rings (SSSR count). The van der Waals surface area contributed by atoms with Crippen LogP contribution < -0.4 is 5.32 Å². The first-order valence-electron chi connectivity index (χ1n) is 6.34. The van der Waals surface area contributed by atoms with Crippen molar-refractivity contribution in [3.05, 3.63) is 54.1 Å². The highest BCUT2D eigenvalue weighted by molar-refractivity contribution is 6.05.